The number of hydrogen-bond acceptors (Lipinski definition) is 8. The Morgan fingerprint density at radius 1 is 1.20 bits per heavy atom. The Hall–Kier alpha value is -2.13. The Morgan fingerprint density at radius 2 is 1.90 bits per heavy atom. The molecule has 3 aromatic heterocycles. The van der Waals surface area contributed by atoms with E-state index in [9.17, 15) is 0 Å². The molecule has 0 atom stereocenters. The normalized spacial score (nSPS) is 11.1. The smallest absolute Gasteiger partial charge is 0.254 e. The van der Waals surface area contributed by atoms with Gasteiger partial charge in [-0.15, -0.1) is 0 Å². The molecule has 3 rings (SSSR count). The second kappa shape index (κ2) is 4.76. The SMILES string of the molecule is Cc1c(Cl)nc2ncnn2c1Sc1nc(N)cc(N)n1. The van der Waals surface area contributed by atoms with Gasteiger partial charge >= 0.3 is 0 Å². The Labute approximate surface area is 122 Å². The third-order valence-corrected chi connectivity index (χ3v) is 3.89. The molecule has 0 bridgehead atoms. The Kier molecular flexibility index (Phi) is 3.07. The van der Waals surface area contributed by atoms with Gasteiger partial charge in [0.2, 0.25) is 0 Å². The van der Waals surface area contributed by atoms with Crippen molar-refractivity contribution in [3.63, 3.8) is 0 Å². The number of hydrogen-bond donors (Lipinski definition) is 2. The van der Waals surface area contributed by atoms with Gasteiger partial charge in [-0.05, 0) is 18.7 Å². The molecule has 0 amide bonds. The van der Waals surface area contributed by atoms with Gasteiger partial charge in [0.05, 0.1) is 0 Å². The van der Waals surface area contributed by atoms with Crippen molar-refractivity contribution in [3.8, 4) is 0 Å². The van der Waals surface area contributed by atoms with Crippen LogP contribution >= 0.6 is 23.4 Å². The van der Waals surface area contributed by atoms with Crippen LogP contribution in [0.2, 0.25) is 5.15 Å². The zero-order chi connectivity index (χ0) is 14.3. The van der Waals surface area contributed by atoms with Crippen molar-refractivity contribution in [3.05, 3.63) is 23.1 Å². The lowest BCUT2D eigenvalue weighted by Crippen LogP contribution is -2.03. The van der Waals surface area contributed by atoms with Crippen molar-refractivity contribution >= 4 is 40.8 Å². The second-order valence-corrected chi connectivity index (χ2v) is 5.22. The lowest BCUT2D eigenvalue weighted by molar-refractivity contribution is 0.821. The highest BCUT2D eigenvalue weighted by atomic mass is 35.5. The molecule has 8 nitrogen and oxygen atoms in total. The molecule has 3 aromatic rings. The summed E-state index contributed by atoms with van der Waals surface area (Å²) in [5, 5.41) is 5.58. The van der Waals surface area contributed by atoms with Crippen LogP contribution in [0.15, 0.2) is 22.6 Å². The molecule has 0 aliphatic rings. The molecular formula is C10H9ClN8S. The fourth-order valence-corrected chi connectivity index (χ4v) is 2.75. The molecule has 20 heavy (non-hydrogen) atoms. The largest absolute Gasteiger partial charge is 0.383 e. The minimum absolute atomic E-state index is 0.299. The van der Waals surface area contributed by atoms with E-state index in [0.29, 0.717) is 32.7 Å². The number of nitrogens with two attached hydrogens (primary N) is 2. The maximum atomic E-state index is 6.08. The zero-order valence-electron chi connectivity index (χ0n) is 10.3. The third kappa shape index (κ3) is 2.21. The van der Waals surface area contributed by atoms with Crippen LogP contribution in [0.5, 0.6) is 0 Å². The van der Waals surface area contributed by atoms with Gasteiger partial charge in [-0.3, -0.25) is 0 Å². The summed E-state index contributed by atoms with van der Waals surface area (Å²) in [5.74, 6) is 1.00. The van der Waals surface area contributed by atoms with Gasteiger partial charge < -0.3 is 11.5 Å². The summed E-state index contributed by atoms with van der Waals surface area (Å²) in [6.45, 7) is 1.83. The van der Waals surface area contributed by atoms with Crippen LogP contribution in [0.4, 0.5) is 11.6 Å². The fraction of sp³-hybridized carbons (Fsp3) is 0.100. The maximum Gasteiger partial charge on any atom is 0.254 e. The van der Waals surface area contributed by atoms with Gasteiger partial charge in [-0.25, -0.2) is 9.97 Å². The van der Waals surface area contributed by atoms with Crippen LogP contribution in [0.25, 0.3) is 5.78 Å². The average molecular weight is 309 g/mol. The minimum Gasteiger partial charge on any atom is -0.383 e. The van der Waals surface area contributed by atoms with Crippen LogP contribution in [0.3, 0.4) is 0 Å². The summed E-state index contributed by atoms with van der Waals surface area (Å²) in [6, 6.07) is 1.49. The molecule has 0 spiro atoms. The Bertz CT molecular complexity index is 781. The van der Waals surface area contributed by atoms with Gasteiger partial charge in [0.1, 0.15) is 28.1 Å². The van der Waals surface area contributed by atoms with E-state index in [2.05, 4.69) is 25.0 Å². The van der Waals surface area contributed by atoms with Gasteiger partial charge in [-0.2, -0.15) is 19.6 Å². The van der Waals surface area contributed by atoms with Gasteiger partial charge in [0.15, 0.2) is 5.16 Å². The number of fused-ring (bicyclic) bond motifs is 1. The summed E-state index contributed by atoms with van der Waals surface area (Å²) in [4.78, 5) is 16.4. The number of nitrogen functional groups attached to an aromatic ring is 2. The molecule has 3 heterocycles. The number of nitrogens with zero attached hydrogens (tertiary/aromatic N) is 6. The van der Waals surface area contributed by atoms with Crippen molar-refractivity contribution in [2.75, 3.05) is 11.5 Å². The van der Waals surface area contributed by atoms with Crippen molar-refractivity contribution in [1.82, 2.24) is 29.5 Å². The molecule has 0 unspecified atom stereocenters. The van der Waals surface area contributed by atoms with Crippen LogP contribution in [0.1, 0.15) is 5.56 Å². The van der Waals surface area contributed by atoms with Gasteiger partial charge in [-0.1, -0.05) is 11.6 Å². The van der Waals surface area contributed by atoms with Crippen LogP contribution in [-0.4, -0.2) is 29.5 Å². The van der Waals surface area contributed by atoms with Crippen LogP contribution in [-0.2, 0) is 0 Å². The highest BCUT2D eigenvalue weighted by Gasteiger charge is 2.15. The number of anilines is 2. The Balaban J connectivity index is 2.14. The van der Waals surface area contributed by atoms with Gasteiger partial charge in [0, 0.05) is 11.6 Å². The molecule has 102 valence electrons. The molecule has 0 saturated carbocycles. The first kappa shape index (κ1) is 12.9. The standard InChI is InChI=1S/C10H9ClN8S/c1-4-7(11)18-9-14-3-15-19(9)8(4)20-10-16-5(12)2-6(13)17-10/h2-3H,1H3,(H4,12,13,16,17). The predicted octanol–water partition coefficient (Wildman–Crippen LogP) is 1.19. The molecule has 0 aliphatic carbocycles. The highest BCUT2D eigenvalue weighted by molar-refractivity contribution is 7.99. The summed E-state index contributed by atoms with van der Waals surface area (Å²) in [7, 11) is 0. The number of halogens is 1. The van der Waals surface area contributed by atoms with E-state index in [4.69, 9.17) is 23.1 Å². The fourth-order valence-electron chi connectivity index (χ4n) is 1.59. The first-order valence-corrected chi connectivity index (χ1v) is 6.68. The van der Waals surface area contributed by atoms with Crippen molar-refractivity contribution < 1.29 is 0 Å². The van der Waals surface area contributed by atoms with E-state index < -0.39 is 0 Å². The van der Waals surface area contributed by atoms with E-state index in [1.54, 1.807) is 4.52 Å². The van der Waals surface area contributed by atoms with E-state index in [-0.39, 0.29) is 0 Å². The average Bonchev–Trinajstić information content (AvgIpc) is 2.81. The molecule has 4 N–H and O–H groups in total. The lowest BCUT2D eigenvalue weighted by atomic mass is 10.4. The Morgan fingerprint density at radius 3 is 2.60 bits per heavy atom. The summed E-state index contributed by atoms with van der Waals surface area (Å²) in [6.07, 6.45) is 1.40. The predicted molar refractivity (Wildman–Crippen MR) is 75.5 cm³/mol. The summed E-state index contributed by atoms with van der Waals surface area (Å²) in [5.41, 5.74) is 12.1. The second-order valence-electron chi connectivity index (χ2n) is 3.91. The molecular weight excluding hydrogens is 300 g/mol. The number of aromatic nitrogens is 6. The van der Waals surface area contributed by atoms with Crippen molar-refractivity contribution in [2.45, 2.75) is 17.1 Å². The number of rotatable bonds is 2. The topological polar surface area (TPSA) is 121 Å². The molecule has 0 saturated heterocycles. The highest BCUT2D eigenvalue weighted by Crippen LogP contribution is 2.31. The molecule has 0 radical (unpaired) electrons. The molecule has 0 fully saturated rings. The molecule has 0 aliphatic heterocycles. The third-order valence-electron chi connectivity index (χ3n) is 2.48. The first-order valence-electron chi connectivity index (χ1n) is 5.48. The van der Waals surface area contributed by atoms with Crippen molar-refractivity contribution in [1.29, 1.82) is 0 Å². The minimum atomic E-state index is 0.299. The zero-order valence-corrected chi connectivity index (χ0v) is 11.9. The lowest BCUT2D eigenvalue weighted by Gasteiger charge is -2.08. The van der Waals surface area contributed by atoms with E-state index in [0.717, 1.165) is 5.56 Å². The monoisotopic (exact) mass is 308 g/mol. The van der Waals surface area contributed by atoms with Crippen molar-refractivity contribution in [2.24, 2.45) is 0 Å². The molecule has 0 aromatic carbocycles. The summed E-state index contributed by atoms with van der Waals surface area (Å²) < 4.78 is 1.56. The van der Waals surface area contributed by atoms with Crippen LogP contribution < -0.4 is 11.5 Å². The molecule has 10 heteroatoms. The summed E-state index contributed by atoms with van der Waals surface area (Å²) >= 11 is 7.33. The van der Waals surface area contributed by atoms with E-state index in [1.807, 2.05) is 6.92 Å². The first-order chi connectivity index (χ1) is 9.54. The van der Waals surface area contributed by atoms with Gasteiger partial charge in [0.25, 0.3) is 5.78 Å². The van der Waals surface area contributed by atoms with E-state index >= 15 is 0 Å². The maximum absolute atomic E-state index is 6.08. The quantitative estimate of drug-likeness (QED) is 0.535. The van der Waals surface area contributed by atoms with E-state index in [1.165, 1.54) is 24.2 Å². The van der Waals surface area contributed by atoms with Crippen LogP contribution in [0, 0.1) is 6.92 Å².